The van der Waals surface area contributed by atoms with Crippen LogP contribution >= 0.6 is 0 Å². The lowest BCUT2D eigenvalue weighted by molar-refractivity contribution is 0.169. The van der Waals surface area contributed by atoms with Gasteiger partial charge in [0.25, 0.3) is 0 Å². The third-order valence-electron chi connectivity index (χ3n) is 6.48. The highest BCUT2D eigenvalue weighted by Crippen LogP contribution is 2.33. The largest absolute Gasteiger partial charge is 0.314 e. The van der Waals surface area contributed by atoms with Crippen molar-refractivity contribution in [3.63, 3.8) is 0 Å². The topological polar surface area (TPSA) is 27.3 Å². The van der Waals surface area contributed by atoms with E-state index >= 15 is 0 Å². The smallest absolute Gasteiger partial charge is 0.0113 e. The molecule has 0 radical (unpaired) electrons. The predicted molar refractivity (Wildman–Crippen MR) is 87.5 cm³/mol. The van der Waals surface area contributed by atoms with Crippen molar-refractivity contribution in [3.05, 3.63) is 0 Å². The molecule has 3 atom stereocenters. The van der Waals surface area contributed by atoms with Crippen molar-refractivity contribution in [1.29, 1.82) is 0 Å². The average molecular weight is 291 g/mol. The van der Waals surface area contributed by atoms with E-state index in [1.165, 1.54) is 83.8 Å². The fourth-order valence-corrected chi connectivity index (χ4v) is 5.10. The number of nitrogens with one attached hydrogen (secondary N) is 2. The van der Waals surface area contributed by atoms with Crippen molar-refractivity contribution in [2.24, 2.45) is 5.92 Å². The molecule has 0 spiro atoms. The van der Waals surface area contributed by atoms with Crippen LogP contribution in [0.1, 0.15) is 64.2 Å². The van der Waals surface area contributed by atoms with Gasteiger partial charge in [0, 0.05) is 24.2 Å². The monoisotopic (exact) mass is 291 g/mol. The maximum atomic E-state index is 4.08. The summed E-state index contributed by atoms with van der Waals surface area (Å²) in [6.07, 6.45) is 14.3. The Bertz CT molecular complexity index is 327. The molecule has 0 amide bonds. The van der Waals surface area contributed by atoms with E-state index in [-0.39, 0.29) is 0 Å². The molecule has 0 aromatic heterocycles. The van der Waals surface area contributed by atoms with Gasteiger partial charge in [0.15, 0.2) is 0 Å². The van der Waals surface area contributed by atoms with Crippen molar-refractivity contribution < 1.29 is 0 Å². The molecule has 2 N–H and O–H groups in total. The minimum atomic E-state index is 0.800. The van der Waals surface area contributed by atoms with E-state index in [2.05, 4.69) is 15.5 Å². The summed E-state index contributed by atoms with van der Waals surface area (Å²) in [5.74, 6) is 0.909. The van der Waals surface area contributed by atoms with Crippen molar-refractivity contribution in [2.75, 3.05) is 19.6 Å². The molecule has 120 valence electrons. The molecule has 4 fully saturated rings. The minimum absolute atomic E-state index is 0.800. The van der Waals surface area contributed by atoms with Gasteiger partial charge in [0.1, 0.15) is 0 Å². The van der Waals surface area contributed by atoms with Crippen molar-refractivity contribution in [3.8, 4) is 0 Å². The first-order valence-corrected chi connectivity index (χ1v) is 9.63. The van der Waals surface area contributed by atoms with E-state index in [1.807, 2.05) is 0 Å². The number of hydrogen-bond donors (Lipinski definition) is 2. The van der Waals surface area contributed by atoms with Gasteiger partial charge in [-0.05, 0) is 76.9 Å². The molecule has 2 aliphatic heterocycles. The Morgan fingerprint density at radius 2 is 1.67 bits per heavy atom. The second-order valence-electron chi connectivity index (χ2n) is 7.97. The van der Waals surface area contributed by atoms with Gasteiger partial charge in [0.2, 0.25) is 0 Å². The van der Waals surface area contributed by atoms with Crippen molar-refractivity contribution >= 4 is 0 Å². The number of likely N-dealkylation sites (tertiary alicyclic amines) is 1. The third-order valence-corrected chi connectivity index (χ3v) is 6.48. The Kier molecular flexibility index (Phi) is 4.52. The molecule has 2 saturated heterocycles. The van der Waals surface area contributed by atoms with Gasteiger partial charge in [-0.2, -0.15) is 0 Å². The van der Waals surface area contributed by atoms with Crippen molar-refractivity contribution in [2.45, 2.75) is 88.4 Å². The van der Waals surface area contributed by atoms with Gasteiger partial charge in [0.05, 0.1) is 0 Å². The maximum absolute atomic E-state index is 4.08. The summed E-state index contributed by atoms with van der Waals surface area (Å²) >= 11 is 0. The molecule has 4 aliphatic rings. The summed E-state index contributed by atoms with van der Waals surface area (Å²) < 4.78 is 0. The molecule has 4 rings (SSSR count). The summed E-state index contributed by atoms with van der Waals surface area (Å²) in [5, 5.41) is 7.89. The molecule has 3 heteroatoms. The van der Waals surface area contributed by atoms with Crippen LogP contribution in [0.5, 0.6) is 0 Å². The quantitative estimate of drug-likeness (QED) is 0.833. The summed E-state index contributed by atoms with van der Waals surface area (Å²) in [4.78, 5) is 2.74. The second kappa shape index (κ2) is 6.55. The fraction of sp³-hybridized carbons (Fsp3) is 1.00. The first-order chi connectivity index (χ1) is 10.4. The number of nitrogens with zero attached hydrogens (tertiary/aromatic N) is 1. The van der Waals surface area contributed by atoms with E-state index in [0.717, 1.165) is 30.1 Å². The first-order valence-electron chi connectivity index (χ1n) is 9.63. The highest BCUT2D eigenvalue weighted by molar-refractivity contribution is 4.95. The van der Waals surface area contributed by atoms with Crippen LogP contribution in [0.2, 0.25) is 0 Å². The Morgan fingerprint density at radius 3 is 2.38 bits per heavy atom. The molecular formula is C18H33N3. The molecule has 0 aromatic rings. The molecule has 2 heterocycles. The van der Waals surface area contributed by atoms with E-state index < -0.39 is 0 Å². The van der Waals surface area contributed by atoms with Crippen LogP contribution < -0.4 is 10.6 Å². The molecule has 21 heavy (non-hydrogen) atoms. The summed E-state index contributed by atoms with van der Waals surface area (Å²) in [6, 6.07) is 3.38. The van der Waals surface area contributed by atoms with E-state index in [9.17, 15) is 0 Å². The summed E-state index contributed by atoms with van der Waals surface area (Å²) in [5.41, 5.74) is 0. The average Bonchev–Trinajstić information content (AvgIpc) is 3.29. The zero-order valence-electron chi connectivity index (χ0n) is 13.5. The molecule has 0 bridgehead atoms. The summed E-state index contributed by atoms with van der Waals surface area (Å²) in [7, 11) is 0. The Labute approximate surface area is 130 Å². The lowest BCUT2D eigenvalue weighted by Crippen LogP contribution is -2.51. The normalized spacial score (nSPS) is 39.7. The Hall–Kier alpha value is -0.120. The van der Waals surface area contributed by atoms with Crippen LogP contribution in [-0.4, -0.2) is 48.7 Å². The molecule has 2 saturated carbocycles. The third kappa shape index (κ3) is 3.46. The lowest BCUT2D eigenvalue weighted by Gasteiger charge is -2.38. The molecule has 3 nitrogen and oxygen atoms in total. The first kappa shape index (κ1) is 14.5. The highest BCUT2D eigenvalue weighted by Gasteiger charge is 2.37. The van der Waals surface area contributed by atoms with Gasteiger partial charge >= 0.3 is 0 Å². The van der Waals surface area contributed by atoms with Gasteiger partial charge in [-0.15, -0.1) is 0 Å². The Morgan fingerprint density at radius 1 is 0.810 bits per heavy atom. The second-order valence-corrected chi connectivity index (χ2v) is 7.97. The van der Waals surface area contributed by atoms with E-state index in [1.54, 1.807) is 0 Å². The van der Waals surface area contributed by atoms with Crippen LogP contribution in [-0.2, 0) is 0 Å². The van der Waals surface area contributed by atoms with Crippen LogP contribution in [0.3, 0.4) is 0 Å². The SMILES string of the molecule is C1CCC(C2CCCC2NC2CCN(C3CC3)CC2)NC1. The predicted octanol–water partition coefficient (Wildman–Crippen LogP) is 2.51. The Balaban J connectivity index is 1.27. The zero-order valence-corrected chi connectivity index (χ0v) is 13.5. The molecule has 2 aliphatic carbocycles. The minimum Gasteiger partial charge on any atom is -0.314 e. The van der Waals surface area contributed by atoms with Gasteiger partial charge in [-0.25, -0.2) is 0 Å². The van der Waals surface area contributed by atoms with Crippen LogP contribution in [0.15, 0.2) is 0 Å². The lowest BCUT2D eigenvalue weighted by atomic mass is 9.87. The number of piperidine rings is 2. The van der Waals surface area contributed by atoms with Crippen molar-refractivity contribution in [1.82, 2.24) is 15.5 Å². The van der Waals surface area contributed by atoms with Crippen LogP contribution in [0, 0.1) is 5.92 Å². The van der Waals surface area contributed by atoms with Gasteiger partial charge < -0.3 is 15.5 Å². The number of hydrogen-bond acceptors (Lipinski definition) is 3. The van der Waals surface area contributed by atoms with Gasteiger partial charge in [-0.3, -0.25) is 0 Å². The summed E-state index contributed by atoms with van der Waals surface area (Å²) in [6.45, 7) is 3.95. The van der Waals surface area contributed by atoms with Crippen LogP contribution in [0.25, 0.3) is 0 Å². The maximum Gasteiger partial charge on any atom is 0.0113 e. The van der Waals surface area contributed by atoms with E-state index in [0.29, 0.717) is 0 Å². The molecule has 3 unspecified atom stereocenters. The molecule has 0 aromatic carbocycles. The van der Waals surface area contributed by atoms with Gasteiger partial charge in [-0.1, -0.05) is 12.8 Å². The zero-order chi connectivity index (χ0) is 14.1. The molecular weight excluding hydrogens is 258 g/mol. The van der Waals surface area contributed by atoms with Crippen LogP contribution in [0.4, 0.5) is 0 Å². The van der Waals surface area contributed by atoms with E-state index in [4.69, 9.17) is 0 Å². The highest BCUT2D eigenvalue weighted by atomic mass is 15.2. The fourth-order valence-electron chi connectivity index (χ4n) is 5.10. The number of rotatable bonds is 4. The standard InChI is InChI=1S/C18H33N3/c1-2-11-19-17(5-1)16-4-3-6-18(16)20-14-9-12-21(13-10-14)15-7-8-15/h14-20H,1-13H2.